The Morgan fingerprint density at radius 2 is 1.86 bits per heavy atom. The average Bonchev–Trinajstić information content (AvgIpc) is 2.49. The molecule has 2 aromatic rings. The van der Waals surface area contributed by atoms with Crippen molar-refractivity contribution in [2.45, 2.75) is 20.8 Å². The van der Waals surface area contributed by atoms with Crippen LogP contribution in [0.25, 0.3) is 0 Å². The quantitative estimate of drug-likeness (QED) is 0.487. The normalized spacial score (nSPS) is 11.2. The minimum Gasteiger partial charge on any atom is -0.331 e. The van der Waals surface area contributed by atoms with E-state index in [1.54, 1.807) is 0 Å². The number of rotatable bonds is 3. The molecular weight excluding hydrogens is 314 g/mol. The van der Waals surface area contributed by atoms with Crippen LogP contribution in [0.4, 0.5) is 5.69 Å². The summed E-state index contributed by atoms with van der Waals surface area (Å²) in [6.07, 6.45) is 0. The molecule has 5 heteroatoms. The van der Waals surface area contributed by atoms with Gasteiger partial charge in [-0.25, -0.2) is 0 Å². The molecule has 3 nitrogen and oxygen atoms in total. The molecule has 0 saturated heterocycles. The molecule has 114 valence electrons. The minimum absolute atomic E-state index is 0.454. The molecule has 2 rings (SSSR count). The molecule has 0 bridgehead atoms. The van der Waals surface area contributed by atoms with Gasteiger partial charge in [-0.2, -0.15) is 5.10 Å². The van der Waals surface area contributed by atoms with Crippen LogP contribution in [0.5, 0.6) is 0 Å². The second-order valence-electron chi connectivity index (χ2n) is 5.02. The number of hydrogen-bond donors (Lipinski definition) is 2. The van der Waals surface area contributed by atoms with Crippen molar-refractivity contribution in [3.05, 3.63) is 64.2 Å². The van der Waals surface area contributed by atoms with Crippen LogP contribution in [0.3, 0.4) is 0 Å². The van der Waals surface area contributed by atoms with E-state index in [1.165, 1.54) is 11.1 Å². The van der Waals surface area contributed by atoms with Gasteiger partial charge in [-0.1, -0.05) is 35.9 Å². The highest BCUT2D eigenvalue weighted by atomic mass is 35.5. The maximum absolute atomic E-state index is 5.98. The standard InChI is InChI=1S/C17H18ClN3S/c1-11-6-4-9-16(12(11)2)19-17(22)21-20-13(3)14-7-5-8-15(18)10-14/h4-10H,1-3H3,(H2,19,21,22)/b20-13+. The Morgan fingerprint density at radius 3 is 2.59 bits per heavy atom. The third-order valence-corrected chi connectivity index (χ3v) is 3.85. The highest BCUT2D eigenvalue weighted by Gasteiger charge is 2.03. The highest BCUT2D eigenvalue weighted by molar-refractivity contribution is 7.80. The van der Waals surface area contributed by atoms with E-state index in [0.29, 0.717) is 10.1 Å². The first kappa shape index (κ1) is 16.5. The molecule has 0 atom stereocenters. The first-order valence-electron chi connectivity index (χ1n) is 6.91. The van der Waals surface area contributed by atoms with Gasteiger partial charge in [-0.05, 0) is 67.9 Å². The van der Waals surface area contributed by atoms with Crippen molar-refractivity contribution in [1.29, 1.82) is 0 Å². The fourth-order valence-electron chi connectivity index (χ4n) is 1.95. The van der Waals surface area contributed by atoms with Gasteiger partial charge in [0.1, 0.15) is 0 Å². The summed E-state index contributed by atoms with van der Waals surface area (Å²) in [5.41, 5.74) is 7.99. The van der Waals surface area contributed by atoms with E-state index in [-0.39, 0.29) is 0 Å². The Bertz CT molecular complexity index is 726. The van der Waals surface area contributed by atoms with E-state index in [1.807, 2.05) is 43.3 Å². The molecule has 0 radical (unpaired) electrons. The monoisotopic (exact) mass is 331 g/mol. The van der Waals surface area contributed by atoms with Crippen molar-refractivity contribution in [3.8, 4) is 0 Å². The number of halogens is 1. The predicted octanol–water partition coefficient (Wildman–Crippen LogP) is 4.67. The molecule has 0 amide bonds. The fraction of sp³-hybridized carbons (Fsp3) is 0.176. The molecule has 2 aromatic carbocycles. The van der Waals surface area contributed by atoms with Crippen molar-refractivity contribution >= 4 is 40.3 Å². The van der Waals surface area contributed by atoms with E-state index in [9.17, 15) is 0 Å². The van der Waals surface area contributed by atoms with Gasteiger partial charge < -0.3 is 5.32 Å². The van der Waals surface area contributed by atoms with Crippen LogP contribution in [0.15, 0.2) is 47.6 Å². The topological polar surface area (TPSA) is 36.4 Å². The first-order chi connectivity index (χ1) is 10.5. The average molecular weight is 332 g/mol. The Kier molecular flexibility index (Phi) is 5.52. The number of thiocarbonyl (C=S) groups is 1. The largest absolute Gasteiger partial charge is 0.331 e. The fourth-order valence-corrected chi connectivity index (χ4v) is 2.30. The Hall–Kier alpha value is -1.91. The van der Waals surface area contributed by atoms with Crippen LogP contribution in [-0.4, -0.2) is 10.8 Å². The van der Waals surface area contributed by atoms with Crippen molar-refractivity contribution in [2.75, 3.05) is 5.32 Å². The maximum atomic E-state index is 5.98. The second-order valence-corrected chi connectivity index (χ2v) is 5.87. The lowest BCUT2D eigenvalue weighted by Gasteiger charge is -2.12. The van der Waals surface area contributed by atoms with E-state index in [0.717, 1.165) is 17.0 Å². The Morgan fingerprint density at radius 1 is 1.14 bits per heavy atom. The van der Waals surface area contributed by atoms with E-state index in [2.05, 4.69) is 35.8 Å². The number of anilines is 1. The van der Waals surface area contributed by atoms with Gasteiger partial charge in [0.15, 0.2) is 5.11 Å². The van der Waals surface area contributed by atoms with Crippen molar-refractivity contribution in [1.82, 2.24) is 5.43 Å². The maximum Gasteiger partial charge on any atom is 0.191 e. The highest BCUT2D eigenvalue weighted by Crippen LogP contribution is 2.17. The summed E-state index contributed by atoms with van der Waals surface area (Å²) >= 11 is 11.3. The zero-order chi connectivity index (χ0) is 16.1. The molecule has 0 aliphatic heterocycles. The van der Waals surface area contributed by atoms with Crippen LogP contribution < -0.4 is 10.7 Å². The number of aryl methyl sites for hydroxylation is 1. The predicted molar refractivity (Wildman–Crippen MR) is 98.9 cm³/mol. The zero-order valence-electron chi connectivity index (χ0n) is 12.8. The number of nitrogens with zero attached hydrogens (tertiary/aromatic N) is 1. The molecule has 0 unspecified atom stereocenters. The van der Waals surface area contributed by atoms with Gasteiger partial charge in [0.05, 0.1) is 5.71 Å². The summed E-state index contributed by atoms with van der Waals surface area (Å²) < 4.78 is 0. The van der Waals surface area contributed by atoms with Crippen LogP contribution in [-0.2, 0) is 0 Å². The van der Waals surface area contributed by atoms with E-state index >= 15 is 0 Å². The number of hydrogen-bond acceptors (Lipinski definition) is 2. The molecule has 0 aliphatic carbocycles. The van der Waals surface area contributed by atoms with Gasteiger partial charge in [-0.3, -0.25) is 5.43 Å². The van der Waals surface area contributed by atoms with Crippen LogP contribution in [0, 0.1) is 13.8 Å². The van der Waals surface area contributed by atoms with Gasteiger partial charge >= 0.3 is 0 Å². The lowest BCUT2D eigenvalue weighted by molar-refractivity contribution is 1.04. The third kappa shape index (κ3) is 4.29. The summed E-state index contributed by atoms with van der Waals surface area (Å²) in [5, 5.41) is 8.58. The molecular formula is C17H18ClN3S. The van der Waals surface area contributed by atoms with E-state index in [4.69, 9.17) is 23.8 Å². The third-order valence-electron chi connectivity index (χ3n) is 3.42. The van der Waals surface area contributed by atoms with Gasteiger partial charge in [-0.15, -0.1) is 0 Å². The molecule has 0 aromatic heterocycles. The minimum atomic E-state index is 0.454. The van der Waals surface area contributed by atoms with Crippen molar-refractivity contribution in [2.24, 2.45) is 5.10 Å². The van der Waals surface area contributed by atoms with Crippen LogP contribution in [0.1, 0.15) is 23.6 Å². The summed E-state index contributed by atoms with van der Waals surface area (Å²) in [6, 6.07) is 13.6. The first-order valence-corrected chi connectivity index (χ1v) is 7.69. The van der Waals surface area contributed by atoms with Crippen LogP contribution >= 0.6 is 23.8 Å². The second kappa shape index (κ2) is 7.38. The smallest absolute Gasteiger partial charge is 0.191 e. The number of benzene rings is 2. The summed E-state index contributed by atoms with van der Waals surface area (Å²) in [6.45, 7) is 6.03. The molecule has 0 spiro atoms. The molecule has 0 saturated carbocycles. The zero-order valence-corrected chi connectivity index (χ0v) is 14.3. The number of hydrazone groups is 1. The molecule has 0 aliphatic rings. The molecule has 0 heterocycles. The van der Waals surface area contributed by atoms with Crippen molar-refractivity contribution in [3.63, 3.8) is 0 Å². The Balaban J connectivity index is 2.03. The van der Waals surface area contributed by atoms with Gasteiger partial charge in [0.2, 0.25) is 0 Å². The summed E-state index contributed by atoms with van der Waals surface area (Å²) in [5.74, 6) is 0. The van der Waals surface area contributed by atoms with E-state index < -0.39 is 0 Å². The summed E-state index contributed by atoms with van der Waals surface area (Å²) in [4.78, 5) is 0. The molecule has 22 heavy (non-hydrogen) atoms. The lowest BCUT2D eigenvalue weighted by atomic mass is 10.1. The lowest BCUT2D eigenvalue weighted by Crippen LogP contribution is -2.25. The van der Waals surface area contributed by atoms with Crippen molar-refractivity contribution < 1.29 is 0 Å². The van der Waals surface area contributed by atoms with Gasteiger partial charge in [0, 0.05) is 10.7 Å². The van der Waals surface area contributed by atoms with Gasteiger partial charge in [0.25, 0.3) is 0 Å². The number of nitrogens with one attached hydrogen (secondary N) is 2. The van der Waals surface area contributed by atoms with Crippen LogP contribution in [0.2, 0.25) is 5.02 Å². The molecule has 2 N–H and O–H groups in total. The SMILES string of the molecule is C/C(=N\NC(=S)Nc1cccc(C)c1C)c1cccc(Cl)c1. The summed E-state index contributed by atoms with van der Waals surface area (Å²) in [7, 11) is 0. The Labute approximate surface area is 141 Å². The molecule has 0 fully saturated rings.